The fraction of sp³-hybridized carbons (Fsp3) is 0.545. The predicted molar refractivity (Wildman–Crippen MR) is 109 cm³/mol. The maximum Gasteiger partial charge on any atom is 0.410 e. The van der Waals surface area contributed by atoms with Crippen LogP contribution in [0.1, 0.15) is 49.8 Å². The SMILES string of the molecule is Cc1noc(-c2ccc(O[C@H]3CCC[C@H](C(=O)O)C3)cn2)c1COC(=O)N(C)C1CC1. The molecule has 9 heteroatoms. The number of hydrogen-bond acceptors (Lipinski definition) is 7. The Hall–Kier alpha value is -3.10. The van der Waals surface area contributed by atoms with E-state index in [9.17, 15) is 14.7 Å². The van der Waals surface area contributed by atoms with E-state index in [1.165, 1.54) is 0 Å². The van der Waals surface area contributed by atoms with Crippen molar-refractivity contribution in [2.45, 2.75) is 64.2 Å². The van der Waals surface area contributed by atoms with Gasteiger partial charge in [0.25, 0.3) is 0 Å². The standard InChI is InChI=1S/C22H27N3O6/c1-13-18(12-29-22(28)25(2)15-6-7-15)20(31-24-13)19-9-8-17(11-23-19)30-16-5-3-4-14(10-16)21(26)27/h8-9,11,14-16H,3-7,10,12H2,1-2H3,(H,26,27)/t14-,16-/m0/s1. The topological polar surface area (TPSA) is 115 Å². The van der Waals surface area contributed by atoms with Crippen LogP contribution in [0.5, 0.6) is 5.75 Å². The number of carboxylic acids is 1. The molecule has 4 rings (SSSR count). The van der Waals surface area contributed by atoms with Gasteiger partial charge in [-0.2, -0.15) is 0 Å². The summed E-state index contributed by atoms with van der Waals surface area (Å²) in [5.74, 6) is -0.0870. The zero-order valence-corrected chi connectivity index (χ0v) is 17.7. The number of amides is 1. The fourth-order valence-electron chi connectivity index (χ4n) is 3.86. The van der Waals surface area contributed by atoms with Gasteiger partial charge in [-0.3, -0.25) is 4.79 Å². The number of nitrogens with zero attached hydrogens (tertiary/aromatic N) is 3. The number of carbonyl (C=O) groups excluding carboxylic acids is 1. The highest BCUT2D eigenvalue weighted by Gasteiger charge is 2.31. The minimum atomic E-state index is -0.765. The van der Waals surface area contributed by atoms with Crippen LogP contribution in [0.4, 0.5) is 4.79 Å². The Morgan fingerprint density at radius 2 is 2.06 bits per heavy atom. The minimum absolute atomic E-state index is 0.0547. The van der Waals surface area contributed by atoms with Gasteiger partial charge in [0, 0.05) is 13.1 Å². The first-order valence-electron chi connectivity index (χ1n) is 10.6. The summed E-state index contributed by atoms with van der Waals surface area (Å²) in [6, 6.07) is 3.81. The van der Waals surface area contributed by atoms with Crippen LogP contribution in [0, 0.1) is 12.8 Å². The van der Waals surface area contributed by atoms with Gasteiger partial charge < -0.3 is 24.0 Å². The lowest BCUT2D eigenvalue weighted by Gasteiger charge is -2.27. The van der Waals surface area contributed by atoms with Gasteiger partial charge >= 0.3 is 12.1 Å². The van der Waals surface area contributed by atoms with Crippen molar-refractivity contribution in [1.82, 2.24) is 15.0 Å². The molecule has 0 aliphatic heterocycles. The number of aromatic nitrogens is 2. The first kappa shape index (κ1) is 21.1. The molecule has 0 aromatic carbocycles. The summed E-state index contributed by atoms with van der Waals surface area (Å²) in [5, 5.41) is 13.2. The van der Waals surface area contributed by atoms with Gasteiger partial charge in [0.1, 0.15) is 18.1 Å². The molecule has 2 aliphatic rings. The van der Waals surface area contributed by atoms with Gasteiger partial charge in [0.05, 0.1) is 29.5 Å². The molecule has 9 nitrogen and oxygen atoms in total. The van der Waals surface area contributed by atoms with E-state index in [0.29, 0.717) is 41.3 Å². The van der Waals surface area contributed by atoms with E-state index in [1.54, 1.807) is 37.2 Å². The summed E-state index contributed by atoms with van der Waals surface area (Å²) < 4.78 is 16.8. The quantitative estimate of drug-likeness (QED) is 0.707. The molecule has 2 aromatic heterocycles. The van der Waals surface area contributed by atoms with Crippen LogP contribution >= 0.6 is 0 Å². The Balaban J connectivity index is 1.40. The molecule has 2 saturated carbocycles. The molecular weight excluding hydrogens is 402 g/mol. The van der Waals surface area contributed by atoms with Gasteiger partial charge in [-0.15, -0.1) is 0 Å². The summed E-state index contributed by atoms with van der Waals surface area (Å²) in [4.78, 5) is 29.4. The van der Waals surface area contributed by atoms with E-state index in [4.69, 9.17) is 14.0 Å². The van der Waals surface area contributed by atoms with Crippen molar-refractivity contribution in [3.63, 3.8) is 0 Å². The number of ether oxygens (including phenoxy) is 2. The number of aryl methyl sites for hydroxylation is 1. The van der Waals surface area contributed by atoms with Crippen molar-refractivity contribution in [2.24, 2.45) is 5.92 Å². The van der Waals surface area contributed by atoms with Crippen LogP contribution in [-0.2, 0) is 16.1 Å². The van der Waals surface area contributed by atoms with Gasteiger partial charge in [0.15, 0.2) is 5.76 Å². The van der Waals surface area contributed by atoms with E-state index in [2.05, 4.69) is 10.1 Å². The summed E-state index contributed by atoms with van der Waals surface area (Å²) in [5.41, 5.74) is 1.87. The number of pyridine rings is 1. The first-order chi connectivity index (χ1) is 14.9. The summed E-state index contributed by atoms with van der Waals surface area (Å²) >= 11 is 0. The van der Waals surface area contributed by atoms with E-state index >= 15 is 0 Å². The lowest BCUT2D eigenvalue weighted by molar-refractivity contribution is -0.143. The van der Waals surface area contributed by atoms with E-state index in [0.717, 1.165) is 25.7 Å². The average molecular weight is 429 g/mol. The van der Waals surface area contributed by atoms with Crippen LogP contribution in [0.3, 0.4) is 0 Å². The second-order valence-electron chi connectivity index (χ2n) is 8.29. The summed E-state index contributed by atoms with van der Waals surface area (Å²) in [7, 11) is 1.74. The van der Waals surface area contributed by atoms with E-state index < -0.39 is 5.97 Å². The van der Waals surface area contributed by atoms with Crippen molar-refractivity contribution in [2.75, 3.05) is 7.05 Å². The van der Waals surface area contributed by atoms with Crippen molar-refractivity contribution in [1.29, 1.82) is 0 Å². The Kier molecular flexibility index (Phi) is 6.11. The Morgan fingerprint density at radius 3 is 2.74 bits per heavy atom. The Labute approximate surface area is 180 Å². The monoisotopic (exact) mass is 429 g/mol. The third-order valence-electron chi connectivity index (χ3n) is 5.95. The average Bonchev–Trinajstić information content (AvgIpc) is 3.55. The molecule has 0 spiro atoms. The van der Waals surface area contributed by atoms with Gasteiger partial charge in [0.2, 0.25) is 0 Å². The molecule has 2 heterocycles. The zero-order chi connectivity index (χ0) is 22.0. The third kappa shape index (κ3) is 4.98. The third-order valence-corrected chi connectivity index (χ3v) is 5.95. The predicted octanol–water partition coefficient (Wildman–Crippen LogP) is 3.80. The van der Waals surface area contributed by atoms with Crippen LogP contribution in [0.25, 0.3) is 11.5 Å². The zero-order valence-electron chi connectivity index (χ0n) is 17.7. The first-order valence-corrected chi connectivity index (χ1v) is 10.6. The van der Waals surface area contributed by atoms with E-state index in [1.807, 2.05) is 0 Å². The Morgan fingerprint density at radius 1 is 1.26 bits per heavy atom. The number of carbonyl (C=O) groups is 2. The van der Waals surface area contributed by atoms with Crippen molar-refractivity contribution < 1.29 is 28.7 Å². The van der Waals surface area contributed by atoms with Crippen molar-refractivity contribution in [3.05, 3.63) is 29.6 Å². The molecule has 0 radical (unpaired) electrons. The summed E-state index contributed by atoms with van der Waals surface area (Å²) in [6.45, 7) is 1.85. The molecule has 31 heavy (non-hydrogen) atoms. The number of hydrogen-bond donors (Lipinski definition) is 1. The molecule has 1 amide bonds. The molecule has 0 unspecified atom stereocenters. The molecule has 2 fully saturated rings. The number of rotatable bonds is 7. The van der Waals surface area contributed by atoms with Crippen LogP contribution in [-0.4, -0.2) is 51.4 Å². The maximum absolute atomic E-state index is 12.2. The second kappa shape index (κ2) is 8.95. The number of carboxylic acid groups (broad SMARTS) is 1. The van der Waals surface area contributed by atoms with Crippen LogP contribution < -0.4 is 4.74 Å². The normalized spacial score (nSPS) is 20.8. The molecule has 2 atom stereocenters. The number of aliphatic carboxylic acids is 1. The van der Waals surface area contributed by atoms with Crippen molar-refractivity contribution in [3.8, 4) is 17.2 Å². The van der Waals surface area contributed by atoms with Gasteiger partial charge in [-0.1, -0.05) is 5.16 Å². The minimum Gasteiger partial charge on any atom is -0.489 e. The summed E-state index contributed by atoms with van der Waals surface area (Å²) in [6.07, 6.45) is 5.99. The largest absolute Gasteiger partial charge is 0.489 e. The lowest BCUT2D eigenvalue weighted by atomic mass is 9.87. The van der Waals surface area contributed by atoms with E-state index in [-0.39, 0.29) is 30.8 Å². The molecule has 1 N–H and O–H groups in total. The van der Waals surface area contributed by atoms with Gasteiger partial charge in [-0.05, 0) is 57.6 Å². The molecule has 0 bridgehead atoms. The van der Waals surface area contributed by atoms with Crippen LogP contribution in [0.2, 0.25) is 0 Å². The smallest absolute Gasteiger partial charge is 0.410 e. The highest BCUT2D eigenvalue weighted by atomic mass is 16.6. The highest BCUT2D eigenvalue weighted by Crippen LogP contribution is 2.30. The highest BCUT2D eigenvalue weighted by molar-refractivity contribution is 5.70. The van der Waals surface area contributed by atoms with Gasteiger partial charge in [-0.25, -0.2) is 9.78 Å². The maximum atomic E-state index is 12.2. The van der Waals surface area contributed by atoms with Crippen molar-refractivity contribution >= 4 is 12.1 Å². The lowest BCUT2D eigenvalue weighted by Crippen LogP contribution is -2.29. The molecule has 0 saturated heterocycles. The fourth-order valence-corrected chi connectivity index (χ4v) is 3.86. The Bertz CT molecular complexity index is 937. The molecular formula is C22H27N3O6. The second-order valence-corrected chi connectivity index (χ2v) is 8.29. The molecule has 2 aliphatic carbocycles. The van der Waals surface area contributed by atoms with Crippen LogP contribution in [0.15, 0.2) is 22.9 Å². The molecule has 166 valence electrons. The molecule has 2 aromatic rings.